The molecule has 1 aromatic heterocycles. The van der Waals surface area contributed by atoms with Crippen molar-refractivity contribution in [3.05, 3.63) is 110 Å². The smallest absolute Gasteiger partial charge is 0.328 e. The molecule has 1 unspecified atom stereocenters. The molecular weight excluding hydrogens is 434 g/mol. The van der Waals surface area contributed by atoms with E-state index in [1.807, 2.05) is 32.0 Å². The molecule has 4 aromatic rings. The van der Waals surface area contributed by atoms with Crippen LogP contribution in [-0.4, -0.2) is 21.7 Å². The number of carbonyl (C=O) groups excluding carboxylic acids is 2. The van der Waals surface area contributed by atoms with Crippen LogP contribution in [0.15, 0.2) is 82.4 Å². The number of aryl methyl sites for hydroxylation is 2. The summed E-state index contributed by atoms with van der Waals surface area (Å²) in [5, 5.41) is 5.63. The summed E-state index contributed by atoms with van der Waals surface area (Å²) in [6.07, 6.45) is -1.25. The number of aromatic amines is 1. The van der Waals surface area contributed by atoms with Gasteiger partial charge in [-0.1, -0.05) is 54.6 Å². The lowest BCUT2D eigenvalue weighted by Gasteiger charge is -2.19. The lowest BCUT2D eigenvalue weighted by atomic mass is 10.1. The summed E-state index contributed by atoms with van der Waals surface area (Å²) < 4.78 is 6.41. The Morgan fingerprint density at radius 2 is 1.62 bits per heavy atom. The van der Waals surface area contributed by atoms with Crippen molar-refractivity contribution < 1.29 is 14.3 Å². The van der Waals surface area contributed by atoms with Gasteiger partial charge >= 0.3 is 5.97 Å². The highest BCUT2D eigenvalue weighted by Gasteiger charge is 2.26. The summed E-state index contributed by atoms with van der Waals surface area (Å²) in [6, 6.07) is 20.6. The first-order valence-corrected chi connectivity index (χ1v) is 10.7. The van der Waals surface area contributed by atoms with Crippen LogP contribution in [0.4, 0.5) is 5.69 Å². The number of esters is 1. The molecule has 3 aromatic carbocycles. The number of nitrogens with one attached hydrogen (secondary N) is 2. The maximum atomic E-state index is 13.1. The molecule has 0 saturated carbocycles. The molecule has 0 aliphatic heterocycles. The van der Waals surface area contributed by atoms with Crippen LogP contribution >= 0.6 is 0 Å². The molecule has 0 aliphatic rings. The van der Waals surface area contributed by atoms with Crippen molar-refractivity contribution >= 4 is 28.3 Å². The summed E-state index contributed by atoms with van der Waals surface area (Å²) in [4.78, 5) is 51.0. The quantitative estimate of drug-likeness (QED) is 0.432. The predicted octanol–water partition coefficient (Wildman–Crippen LogP) is 3.23. The van der Waals surface area contributed by atoms with E-state index in [1.165, 1.54) is 12.1 Å². The molecule has 0 aliphatic carbocycles. The van der Waals surface area contributed by atoms with Crippen LogP contribution < -0.4 is 16.4 Å². The van der Waals surface area contributed by atoms with Crippen LogP contribution in [0.5, 0.6) is 0 Å². The van der Waals surface area contributed by atoms with E-state index >= 15 is 0 Å². The zero-order chi connectivity index (χ0) is 24.2. The van der Waals surface area contributed by atoms with E-state index in [0.29, 0.717) is 11.3 Å². The molecule has 1 atom stereocenters. The Kier molecular flexibility index (Phi) is 6.40. The predicted molar refractivity (Wildman–Crippen MR) is 129 cm³/mol. The van der Waals surface area contributed by atoms with Crippen molar-refractivity contribution in [1.29, 1.82) is 0 Å². The van der Waals surface area contributed by atoms with E-state index in [2.05, 4.69) is 10.4 Å². The molecular formula is C26H23N3O5. The van der Waals surface area contributed by atoms with Gasteiger partial charge in [0.2, 0.25) is 6.10 Å². The monoisotopic (exact) mass is 457 g/mol. The number of amides is 1. The SMILES string of the molecule is Cc1ccc(C)c(NC(=O)C(OC(=O)Cn2[nH]c(=O)c3ccccc3c2=O)c2ccccc2)c1. The number of hydrogen-bond donors (Lipinski definition) is 2. The van der Waals surface area contributed by atoms with Crippen LogP contribution in [0.2, 0.25) is 0 Å². The largest absolute Gasteiger partial charge is 0.446 e. The fourth-order valence-corrected chi connectivity index (χ4v) is 3.63. The third kappa shape index (κ3) is 4.80. The Bertz CT molecular complexity index is 1490. The molecule has 1 heterocycles. The minimum atomic E-state index is -1.25. The van der Waals surface area contributed by atoms with Crippen molar-refractivity contribution in [3.63, 3.8) is 0 Å². The van der Waals surface area contributed by atoms with Crippen LogP contribution in [-0.2, 0) is 20.9 Å². The minimum Gasteiger partial charge on any atom is -0.446 e. The third-order valence-corrected chi connectivity index (χ3v) is 5.41. The molecule has 0 fully saturated rings. The number of carbonyl (C=O) groups is 2. The molecule has 34 heavy (non-hydrogen) atoms. The number of anilines is 1. The van der Waals surface area contributed by atoms with Gasteiger partial charge in [-0.2, -0.15) is 0 Å². The number of rotatable bonds is 6. The normalized spacial score (nSPS) is 11.7. The molecule has 0 spiro atoms. The molecule has 8 heteroatoms. The number of hydrogen-bond acceptors (Lipinski definition) is 5. The summed E-state index contributed by atoms with van der Waals surface area (Å²) >= 11 is 0. The molecule has 0 radical (unpaired) electrons. The second-order valence-electron chi connectivity index (χ2n) is 7.97. The average Bonchev–Trinajstić information content (AvgIpc) is 2.83. The number of benzene rings is 3. The van der Waals surface area contributed by atoms with Crippen LogP contribution in [0.25, 0.3) is 10.8 Å². The second kappa shape index (κ2) is 9.58. The number of aromatic nitrogens is 2. The van der Waals surface area contributed by atoms with Gasteiger partial charge in [0.1, 0.15) is 6.54 Å². The summed E-state index contributed by atoms with van der Waals surface area (Å²) in [5.74, 6) is -1.38. The Hall–Kier alpha value is -4.46. The zero-order valence-corrected chi connectivity index (χ0v) is 18.7. The van der Waals surface area contributed by atoms with Gasteiger partial charge in [-0.05, 0) is 43.2 Å². The van der Waals surface area contributed by atoms with Crippen LogP contribution in [0, 0.1) is 13.8 Å². The first kappa shape index (κ1) is 22.7. The first-order valence-electron chi connectivity index (χ1n) is 10.7. The maximum absolute atomic E-state index is 13.1. The molecule has 0 bridgehead atoms. The van der Waals surface area contributed by atoms with Gasteiger partial charge in [0.15, 0.2) is 0 Å². The summed E-state index contributed by atoms with van der Waals surface area (Å²) in [7, 11) is 0. The van der Waals surface area contributed by atoms with Crippen molar-refractivity contribution in [2.75, 3.05) is 5.32 Å². The van der Waals surface area contributed by atoms with E-state index in [9.17, 15) is 19.2 Å². The molecule has 1 amide bonds. The van der Waals surface area contributed by atoms with Crippen LogP contribution in [0.3, 0.4) is 0 Å². The van der Waals surface area contributed by atoms with Gasteiger partial charge in [-0.25, -0.2) is 4.68 Å². The highest BCUT2D eigenvalue weighted by Crippen LogP contribution is 2.23. The van der Waals surface area contributed by atoms with Crippen LogP contribution in [0.1, 0.15) is 22.8 Å². The van der Waals surface area contributed by atoms with E-state index in [4.69, 9.17) is 4.74 Å². The summed E-state index contributed by atoms with van der Waals surface area (Å²) in [6.45, 7) is 3.21. The lowest BCUT2D eigenvalue weighted by molar-refractivity contribution is -0.155. The third-order valence-electron chi connectivity index (χ3n) is 5.41. The van der Waals surface area contributed by atoms with E-state index in [1.54, 1.807) is 42.5 Å². The zero-order valence-electron chi connectivity index (χ0n) is 18.7. The van der Waals surface area contributed by atoms with E-state index in [0.717, 1.165) is 15.8 Å². The Morgan fingerprint density at radius 3 is 2.35 bits per heavy atom. The van der Waals surface area contributed by atoms with Crippen molar-refractivity contribution in [2.24, 2.45) is 0 Å². The Balaban J connectivity index is 1.60. The van der Waals surface area contributed by atoms with Crippen molar-refractivity contribution in [3.8, 4) is 0 Å². The number of fused-ring (bicyclic) bond motifs is 1. The van der Waals surface area contributed by atoms with Crippen molar-refractivity contribution in [1.82, 2.24) is 9.78 Å². The van der Waals surface area contributed by atoms with E-state index < -0.39 is 35.6 Å². The highest BCUT2D eigenvalue weighted by molar-refractivity contribution is 5.96. The second-order valence-corrected chi connectivity index (χ2v) is 7.97. The van der Waals surface area contributed by atoms with Gasteiger partial charge < -0.3 is 10.1 Å². The maximum Gasteiger partial charge on any atom is 0.328 e. The van der Waals surface area contributed by atoms with Gasteiger partial charge in [-0.3, -0.25) is 24.3 Å². The van der Waals surface area contributed by atoms with Gasteiger partial charge in [0.25, 0.3) is 17.0 Å². The topological polar surface area (TPSA) is 110 Å². The van der Waals surface area contributed by atoms with Gasteiger partial charge in [-0.15, -0.1) is 0 Å². The molecule has 4 rings (SSSR count). The van der Waals surface area contributed by atoms with E-state index in [-0.39, 0.29) is 10.8 Å². The minimum absolute atomic E-state index is 0.186. The standard InChI is InChI=1S/C26H23N3O5/c1-16-12-13-17(2)21(14-16)27-25(32)23(18-8-4-3-5-9-18)34-22(30)15-29-26(33)20-11-7-6-10-19(20)24(31)28-29/h3-14,23H,15H2,1-2H3,(H,27,32)(H,28,31). The Morgan fingerprint density at radius 1 is 0.941 bits per heavy atom. The summed E-state index contributed by atoms with van der Waals surface area (Å²) in [5.41, 5.74) is 1.86. The fraction of sp³-hybridized carbons (Fsp3) is 0.154. The lowest BCUT2D eigenvalue weighted by Crippen LogP contribution is -2.34. The number of ether oxygens (including phenoxy) is 1. The first-order chi connectivity index (χ1) is 16.3. The van der Waals surface area contributed by atoms with Gasteiger partial charge in [0, 0.05) is 11.3 Å². The van der Waals surface area contributed by atoms with Gasteiger partial charge in [0.05, 0.1) is 10.8 Å². The molecule has 0 saturated heterocycles. The molecule has 172 valence electrons. The fourth-order valence-electron chi connectivity index (χ4n) is 3.63. The highest BCUT2D eigenvalue weighted by atomic mass is 16.5. The number of nitrogens with zero attached hydrogens (tertiary/aromatic N) is 1. The van der Waals surface area contributed by atoms with Crippen molar-refractivity contribution in [2.45, 2.75) is 26.5 Å². The average molecular weight is 457 g/mol. The molecule has 8 nitrogen and oxygen atoms in total. The number of H-pyrrole nitrogens is 1. The Labute approximate surface area is 194 Å². The molecule has 2 N–H and O–H groups in total.